The van der Waals surface area contributed by atoms with Crippen molar-refractivity contribution in [2.24, 2.45) is 11.7 Å². The molecule has 0 aliphatic rings. The highest BCUT2D eigenvalue weighted by Crippen LogP contribution is 2.19. The fourth-order valence-electron chi connectivity index (χ4n) is 1.47. The van der Waals surface area contributed by atoms with E-state index in [4.69, 9.17) is 5.73 Å². The maximum atomic E-state index is 11.8. The van der Waals surface area contributed by atoms with Gasteiger partial charge in [-0.3, -0.25) is 4.79 Å². The molecule has 1 amide bonds. The van der Waals surface area contributed by atoms with E-state index in [-0.39, 0.29) is 29.8 Å². The van der Waals surface area contributed by atoms with Crippen LogP contribution in [0.2, 0.25) is 0 Å². The molecule has 17 heavy (non-hydrogen) atoms. The molecule has 0 heterocycles. The van der Waals surface area contributed by atoms with E-state index in [9.17, 15) is 4.79 Å². The zero-order chi connectivity index (χ0) is 12.2. The van der Waals surface area contributed by atoms with E-state index in [1.807, 2.05) is 51.1 Å². The Morgan fingerprint density at radius 3 is 2.35 bits per heavy atom. The lowest BCUT2D eigenvalue weighted by atomic mass is 9.93. The Hall–Kier alpha value is -1.06. The summed E-state index contributed by atoms with van der Waals surface area (Å²) in [7, 11) is 0. The normalized spacial score (nSPS) is 12.5. The molecule has 1 aromatic carbocycles. The fourth-order valence-corrected chi connectivity index (χ4v) is 1.47. The van der Waals surface area contributed by atoms with E-state index >= 15 is 0 Å². The third-order valence-corrected chi connectivity index (χ3v) is 2.73. The van der Waals surface area contributed by atoms with Crippen molar-refractivity contribution in [3.8, 4) is 0 Å². The van der Waals surface area contributed by atoms with Crippen molar-refractivity contribution in [3.05, 3.63) is 35.9 Å². The Labute approximate surface area is 109 Å². The maximum absolute atomic E-state index is 11.8. The molecule has 0 fully saturated rings. The van der Waals surface area contributed by atoms with Crippen LogP contribution >= 0.6 is 12.4 Å². The van der Waals surface area contributed by atoms with Crippen molar-refractivity contribution in [1.82, 2.24) is 5.32 Å². The summed E-state index contributed by atoms with van der Waals surface area (Å²) in [5, 5.41) is 3.00. The lowest BCUT2D eigenvalue weighted by Crippen LogP contribution is -2.44. The van der Waals surface area contributed by atoms with Crippen molar-refractivity contribution >= 4 is 18.3 Å². The lowest BCUT2D eigenvalue weighted by Gasteiger charge is -2.28. The predicted molar refractivity (Wildman–Crippen MR) is 73.1 cm³/mol. The number of carbonyl (C=O) groups excluding carboxylic acids is 1. The zero-order valence-electron chi connectivity index (χ0n) is 10.6. The summed E-state index contributed by atoms with van der Waals surface area (Å²) in [6.45, 7) is 6.18. The summed E-state index contributed by atoms with van der Waals surface area (Å²) >= 11 is 0. The van der Waals surface area contributed by atoms with Gasteiger partial charge in [0, 0.05) is 12.5 Å². The van der Waals surface area contributed by atoms with E-state index in [2.05, 4.69) is 5.32 Å². The molecule has 1 rings (SSSR count). The first-order valence-corrected chi connectivity index (χ1v) is 5.55. The van der Waals surface area contributed by atoms with Crippen LogP contribution in [-0.4, -0.2) is 12.5 Å². The van der Waals surface area contributed by atoms with Gasteiger partial charge in [0.25, 0.3) is 0 Å². The molecule has 1 aromatic rings. The number of amides is 1. The Bertz CT molecular complexity index is 352. The molecule has 3 nitrogen and oxygen atoms in total. The minimum atomic E-state index is -0.359. The SMILES string of the molecule is CC(CN)C(=O)NC(C)(C)c1ccccc1.Cl. The number of rotatable bonds is 4. The molecule has 0 saturated heterocycles. The first-order chi connectivity index (χ1) is 7.47. The van der Waals surface area contributed by atoms with E-state index in [1.165, 1.54) is 0 Å². The monoisotopic (exact) mass is 256 g/mol. The van der Waals surface area contributed by atoms with E-state index in [1.54, 1.807) is 0 Å². The van der Waals surface area contributed by atoms with Gasteiger partial charge >= 0.3 is 0 Å². The fraction of sp³-hybridized carbons (Fsp3) is 0.462. The summed E-state index contributed by atoms with van der Waals surface area (Å²) in [4.78, 5) is 11.8. The van der Waals surface area contributed by atoms with Gasteiger partial charge in [-0.1, -0.05) is 37.3 Å². The highest BCUT2D eigenvalue weighted by Gasteiger charge is 2.24. The first kappa shape index (κ1) is 15.9. The number of nitrogens with one attached hydrogen (secondary N) is 1. The van der Waals surface area contributed by atoms with Gasteiger partial charge in [0.05, 0.1) is 5.54 Å². The van der Waals surface area contributed by atoms with Crippen molar-refractivity contribution < 1.29 is 4.79 Å². The van der Waals surface area contributed by atoms with Gasteiger partial charge in [0.15, 0.2) is 0 Å². The van der Waals surface area contributed by atoms with Crippen molar-refractivity contribution in [2.45, 2.75) is 26.3 Å². The van der Waals surface area contributed by atoms with Crippen LogP contribution in [0.5, 0.6) is 0 Å². The van der Waals surface area contributed by atoms with Gasteiger partial charge in [-0.15, -0.1) is 12.4 Å². The highest BCUT2D eigenvalue weighted by molar-refractivity contribution is 5.85. The van der Waals surface area contributed by atoms with Crippen molar-refractivity contribution in [3.63, 3.8) is 0 Å². The number of carbonyl (C=O) groups is 1. The Balaban J connectivity index is 0.00000256. The largest absolute Gasteiger partial charge is 0.347 e. The summed E-state index contributed by atoms with van der Waals surface area (Å²) < 4.78 is 0. The van der Waals surface area contributed by atoms with Crippen molar-refractivity contribution in [1.29, 1.82) is 0 Å². The van der Waals surface area contributed by atoms with Crippen LogP contribution in [0.4, 0.5) is 0 Å². The molecule has 0 aliphatic heterocycles. The minimum absolute atomic E-state index is 0. The van der Waals surface area contributed by atoms with Crippen LogP contribution in [0.1, 0.15) is 26.3 Å². The molecular formula is C13H21ClN2O. The molecular weight excluding hydrogens is 236 g/mol. The first-order valence-electron chi connectivity index (χ1n) is 5.55. The third-order valence-electron chi connectivity index (χ3n) is 2.73. The standard InChI is InChI=1S/C13H20N2O.ClH/c1-10(9-14)12(16)15-13(2,3)11-7-5-4-6-8-11;/h4-8,10H,9,14H2,1-3H3,(H,15,16);1H. The number of benzene rings is 1. The van der Waals surface area contributed by atoms with Gasteiger partial charge in [0.1, 0.15) is 0 Å². The molecule has 3 N–H and O–H groups in total. The third kappa shape index (κ3) is 4.36. The van der Waals surface area contributed by atoms with E-state index in [0.717, 1.165) is 5.56 Å². The summed E-state index contributed by atoms with van der Waals surface area (Å²) in [5.41, 5.74) is 6.20. The average Bonchev–Trinajstić information content (AvgIpc) is 2.28. The second kappa shape index (κ2) is 6.62. The smallest absolute Gasteiger partial charge is 0.224 e. The van der Waals surface area contributed by atoms with Crippen LogP contribution in [0.15, 0.2) is 30.3 Å². The highest BCUT2D eigenvalue weighted by atomic mass is 35.5. The Morgan fingerprint density at radius 1 is 1.35 bits per heavy atom. The second-order valence-electron chi connectivity index (χ2n) is 4.62. The second-order valence-corrected chi connectivity index (χ2v) is 4.62. The van der Waals surface area contributed by atoms with Crippen molar-refractivity contribution in [2.75, 3.05) is 6.54 Å². The van der Waals surface area contributed by atoms with Crippen LogP contribution < -0.4 is 11.1 Å². The summed E-state index contributed by atoms with van der Waals surface area (Å²) in [6, 6.07) is 9.91. The zero-order valence-corrected chi connectivity index (χ0v) is 11.4. The van der Waals surface area contributed by atoms with Gasteiger partial charge in [-0.05, 0) is 19.4 Å². The predicted octanol–water partition coefficient (Wildman–Crippen LogP) is 2.05. The molecule has 0 spiro atoms. The van der Waals surface area contributed by atoms with Crippen LogP contribution in [-0.2, 0) is 10.3 Å². The average molecular weight is 257 g/mol. The van der Waals surface area contributed by atoms with E-state index in [0.29, 0.717) is 6.54 Å². The maximum Gasteiger partial charge on any atom is 0.224 e. The molecule has 1 atom stereocenters. The Kier molecular flexibility index (Phi) is 6.21. The minimum Gasteiger partial charge on any atom is -0.347 e. The summed E-state index contributed by atoms with van der Waals surface area (Å²) in [6.07, 6.45) is 0. The van der Waals surface area contributed by atoms with Gasteiger partial charge < -0.3 is 11.1 Å². The van der Waals surface area contributed by atoms with E-state index < -0.39 is 0 Å². The quantitative estimate of drug-likeness (QED) is 0.866. The van der Waals surface area contributed by atoms with Crippen LogP contribution in [0.25, 0.3) is 0 Å². The van der Waals surface area contributed by atoms with Gasteiger partial charge in [0.2, 0.25) is 5.91 Å². The van der Waals surface area contributed by atoms with Gasteiger partial charge in [-0.2, -0.15) is 0 Å². The molecule has 0 bridgehead atoms. The molecule has 4 heteroatoms. The Morgan fingerprint density at radius 2 is 1.88 bits per heavy atom. The number of nitrogens with two attached hydrogens (primary N) is 1. The van der Waals surface area contributed by atoms with Crippen LogP contribution in [0.3, 0.4) is 0 Å². The molecule has 0 saturated carbocycles. The number of hydrogen-bond acceptors (Lipinski definition) is 2. The molecule has 96 valence electrons. The van der Waals surface area contributed by atoms with Crippen LogP contribution in [0, 0.1) is 5.92 Å². The molecule has 0 aromatic heterocycles. The molecule has 1 unspecified atom stereocenters. The lowest BCUT2D eigenvalue weighted by molar-refractivity contribution is -0.125. The van der Waals surface area contributed by atoms with Gasteiger partial charge in [-0.25, -0.2) is 0 Å². The molecule has 0 aliphatic carbocycles. The number of halogens is 1. The summed E-state index contributed by atoms with van der Waals surface area (Å²) in [5.74, 6) is -0.153. The number of hydrogen-bond donors (Lipinski definition) is 2. The molecule has 0 radical (unpaired) electrons. The topological polar surface area (TPSA) is 55.1 Å².